The van der Waals surface area contributed by atoms with E-state index in [1.807, 2.05) is 37.2 Å². The topological polar surface area (TPSA) is 108 Å². The summed E-state index contributed by atoms with van der Waals surface area (Å²) in [7, 11) is 3.83. The van der Waals surface area contributed by atoms with Gasteiger partial charge in [-0.25, -0.2) is 4.79 Å². The molecule has 1 amide bonds. The number of nitriles is 1. The summed E-state index contributed by atoms with van der Waals surface area (Å²) in [4.78, 5) is 26.2. The Labute approximate surface area is 171 Å². The number of fused-ring (bicyclic) bond motifs is 1. The fourth-order valence-electron chi connectivity index (χ4n) is 2.47. The third kappa shape index (κ3) is 4.94. The first-order chi connectivity index (χ1) is 14.0. The van der Waals surface area contributed by atoms with Gasteiger partial charge in [0.1, 0.15) is 22.7 Å². The quantitative estimate of drug-likeness (QED) is 0.380. The number of aromatic nitrogens is 2. The Bertz CT molecular complexity index is 1110. The molecule has 1 N–H and O–H groups in total. The minimum absolute atomic E-state index is 0.193. The summed E-state index contributed by atoms with van der Waals surface area (Å²) in [5.41, 5.74) is 3.19. The molecule has 0 radical (unpaired) electrons. The molecule has 0 saturated carbocycles. The van der Waals surface area contributed by atoms with Crippen molar-refractivity contribution in [3.05, 3.63) is 53.6 Å². The minimum atomic E-state index is -0.868. The third-order valence-electron chi connectivity index (χ3n) is 3.96. The summed E-state index contributed by atoms with van der Waals surface area (Å²) < 4.78 is 13.2. The number of hydrogen-bond donors (Lipinski definition) is 1. The number of carbonyl (C=O) groups excluding carboxylic acids is 2. The van der Waals surface area contributed by atoms with Gasteiger partial charge in [-0.3, -0.25) is 4.79 Å². The van der Waals surface area contributed by atoms with E-state index in [1.165, 1.54) is 6.08 Å². The highest BCUT2D eigenvalue weighted by Gasteiger charge is 2.14. The summed E-state index contributed by atoms with van der Waals surface area (Å²) in [6.07, 6.45) is 1.42. The zero-order valence-corrected chi connectivity index (χ0v) is 16.6. The lowest BCUT2D eigenvalue weighted by atomic mass is 10.1. The fourth-order valence-corrected chi connectivity index (χ4v) is 3.02. The molecule has 0 saturated heterocycles. The first kappa shape index (κ1) is 20.0. The van der Waals surface area contributed by atoms with Crippen LogP contribution in [0, 0.1) is 11.3 Å². The van der Waals surface area contributed by atoms with E-state index in [0.29, 0.717) is 22.3 Å². The van der Waals surface area contributed by atoms with Crippen LogP contribution in [0.2, 0.25) is 0 Å². The highest BCUT2D eigenvalue weighted by molar-refractivity contribution is 7.00. The van der Waals surface area contributed by atoms with Gasteiger partial charge in [0.05, 0.1) is 17.4 Å². The van der Waals surface area contributed by atoms with E-state index < -0.39 is 18.5 Å². The van der Waals surface area contributed by atoms with Crippen LogP contribution >= 0.6 is 11.7 Å². The number of rotatable bonds is 6. The Hall–Kier alpha value is -3.77. The highest BCUT2D eigenvalue weighted by Crippen LogP contribution is 2.21. The van der Waals surface area contributed by atoms with Crippen molar-refractivity contribution in [2.75, 3.05) is 30.9 Å². The molecule has 0 bridgehead atoms. The second-order valence-corrected chi connectivity index (χ2v) is 6.75. The smallest absolute Gasteiger partial charge is 0.349 e. The zero-order chi connectivity index (χ0) is 20.8. The van der Waals surface area contributed by atoms with E-state index in [1.54, 1.807) is 30.3 Å². The lowest BCUT2D eigenvalue weighted by Gasteiger charge is -2.11. The van der Waals surface area contributed by atoms with Crippen LogP contribution in [0.25, 0.3) is 17.1 Å². The molecule has 0 aliphatic heterocycles. The molecule has 0 aliphatic carbocycles. The molecule has 0 fully saturated rings. The Balaban J connectivity index is 1.61. The number of esters is 1. The van der Waals surface area contributed by atoms with Crippen LogP contribution in [-0.4, -0.2) is 41.3 Å². The van der Waals surface area contributed by atoms with E-state index in [4.69, 9.17) is 4.74 Å². The first-order valence-corrected chi connectivity index (χ1v) is 9.28. The number of nitrogens with zero attached hydrogens (tertiary/aromatic N) is 4. The van der Waals surface area contributed by atoms with Crippen LogP contribution in [0.1, 0.15) is 5.56 Å². The lowest BCUT2D eigenvalue weighted by Crippen LogP contribution is -2.21. The van der Waals surface area contributed by atoms with Gasteiger partial charge in [-0.2, -0.15) is 14.0 Å². The van der Waals surface area contributed by atoms with Crippen molar-refractivity contribution >= 4 is 52.1 Å². The standard InChI is InChI=1S/C20H17N5O3S/c1-25(2)15-8-6-13(7-9-15)10-14(11-21)20(27)28-12-18(26)22-16-4-3-5-17-19(16)24-29-23-17/h3-10H,12H2,1-2H3,(H,22,26)/b14-10+. The molecule has 0 aliphatic rings. The lowest BCUT2D eigenvalue weighted by molar-refractivity contribution is -0.142. The maximum atomic E-state index is 12.2. The number of benzene rings is 2. The van der Waals surface area contributed by atoms with E-state index in [-0.39, 0.29) is 5.57 Å². The van der Waals surface area contributed by atoms with Gasteiger partial charge in [-0.1, -0.05) is 18.2 Å². The number of amides is 1. The van der Waals surface area contributed by atoms with Crippen LogP contribution in [0.15, 0.2) is 48.0 Å². The van der Waals surface area contributed by atoms with Gasteiger partial charge in [-0.05, 0) is 35.9 Å². The highest BCUT2D eigenvalue weighted by atomic mass is 32.1. The van der Waals surface area contributed by atoms with Crippen molar-refractivity contribution in [3.8, 4) is 6.07 Å². The van der Waals surface area contributed by atoms with Gasteiger partial charge in [0.15, 0.2) is 6.61 Å². The molecule has 2 aromatic carbocycles. The number of anilines is 2. The summed E-state index contributed by atoms with van der Waals surface area (Å²) in [6.45, 7) is -0.522. The summed E-state index contributed by atoms with van der Waals surface area (Å²) in [5, 5.41) is 11.9. The maximum absolute atomic E-state index is 12.2. The molecule has 1 heterocycles. The van der Waals surface area contributed by atoms with Crippen molar-refractivity contribution in [2.24, 2.45) is 0 Å². The van der Waals surface area contributed by atoms with Gasteiger partial charge in [-0.15, -0.1) is 0 Å². The van der Waals surface area contributed by atoms with Crippen LogP contribution in [0.5, 0.6) is 0 Å². The summed E-state index contributed by atoms with van der Waals surface area (Å²) in [6, 6.07) is 14.3. The second-order valence-electron chi connectivity index (χ2n) is 6.22. The molecule has 0 atom stereocenters. The Morgan fingerprint density at radius 1 is 1.21 bits per heavy atom. The normalized spacial score (nSPS) is 11.0. The van der Waals surface area contributed by atoms with Crippen LogP contribution in [-0.2, 0) is 14.3 Å². The predicted octanol–water partition coefficient (Wildman–Crippen LogP) is 2.85. The molecule has 146 valence electrons. The van der Waals surface area contributed by atoms with Gasteiger partial charge >= 0.3 is 5.97 Å². The Kier molecular flexibility index (Phi) is 6.16. The van der Waals surface area contributed by atoms with Crippen LogP contribution < -0.4 is 10.2 Å². The maximum Gasteiger partial charge on any atom is 0.349 e. The van der Waals surface area contributed by atoms with E-state index in [9.17, 15) is 14.9 Å². The molecule has 0 unspecified atom stereocenters. The van der Waals surface area contributed by atoms with Crippen molar-refractivity contribution in [1.82, 2.24) is 8.75 Å². The molecule has 0 spiro atoms. The SMILES string of the molecule is CN(C)c1ccc(/C=C(\C#N)C(=O)OCC(=O)Nc2cccc3nsnc23)cc1. The average molecular weight is 407 g/mol. The summed E-state index contributed by atoms with van der Waals surface area (Å²) >= 11 is 1.04. The average Bonchev–Trinajstić information content (AvgIpc) is 3.20. The molecule has 3 rings (SSSR count). The molecule has 9 heteroatoms. The molecule has 8 nitrogen and oxygen atoms in total. The summed E-state index contributed by atoms with van der Waals surface area (Å²) in [5.74, 6) is -1.40. The largest absolute Gasteiger partial charge is 0.451 e. The molecule has 1 aromatic heterocycles. The fraction of sp³-hybridized carbons (Fsp3) is 0.150. The van der Waals surface area contributed by atoms with Crippen molar-refractivity contribution < 1.29 is 14.3 Å². The van der Waals surface area contributed by atoms with Gasteiger partial charge < -0.3 is 15.0 Å². The minimum Gasteiger partial charge on any atom is -0.451 e. The second kappa shape index (κ2) is 8.95. The monoisotopic (exact) mass is 407 g/mol. The number of hydrogen-bond acceptors (Lipinski definition) is 8. The molecular weight excluding hydrogens is 390 g/mol. The number of ether oxygens (including phenoxy) is 1. The molecule has 3 aromatic rings. The van der Waals surface area contributed by atoms with Crippen LogP contribution in [0.3, 0.4) is 0 Å². The third-order valence-corrected chi connectivity index (χ3v) is 4.50. The van der Waals surface area contributed by atoms with Gasteiger partial charge in [0.25, 0.3) is 5.91 Å². The van der Waals surface area contributed by atoms with E-state index in [2.05, 4.69) is 14.1 Å². The predicted molar refractivity (Wildman–Crippen MR) is 111 cm³/mol. The Morgan fingerprint density at radius 3 is 2.66 bits per heavy atom. The van der Waals surface area contributed by atoms with Gasteiger partial charge in [0, 0.05) is 19.8 Å². The molecular formula is C20H17N5O3S. The molecule has 29 heavy (non-hydrogen) atoms. The Morgan fingerprint density at radius 2 is 1.97 bits per heavy atom. The number of carbonyl (C=O) groups is 2. The van der Waals surface area contributed by atoms with Crippen LogP contribution in [0.4, 0.5) is 11.4 Å². The first-order valence-electron chi connectivity index (χ1n) is 8.55. The van der Waals surface area contributed by atoms with Crippen molar-refractivity contribution in [3.63, 3.8) is 0 Å². The van der Waals surface area contributed by atoms with E-state index >= 15 is 0 Å². The van der Waals surface area contributed by atoms with E-state index in [0.717, 1.165) is 17.4 Å². The number of nitrogens with one attached hydrogen (secondary N) is 1. The zero-order valence-electron chi connectivity index (χ0n) is 15.7. The van der Waals surface area contributed by atoms with Crippen molar-refractivity contribution in [2.45, 2.75) is 0 Å². The van der Waals surface area contributed by atoms with Crippen molar-refractivity contribution in [1.29, 1.82) is 5.26 Å². The van der Waals surface area contributed by atoms with Gasteiger partial charge in [0.2, 0.25) is 0 Å².